The fourth-order valence-corrected chi connectivity index (χ4v) is 5.93. The predicted molar refractivity (Wildman–Crippen MR) is 146 cm³/mol. The molecule has 2 saturated heterocycles. The Morgan fingerprint density at radius 3 is 2.44 bits per heavy atom. The molecule has 1 atom stereocenters. The van der Waals surface area contributed by atoms with E-state index < -0.39 is 0 Å². The molecule has 1 aromatic carbocycles. The van der Waals surface area contributed by atoms with Crippen LogP contribution in [0.15, 0.2) is 29.3 Å². The molecule has 190 valence electrons. The third-order valence-corrected chi connectivity index (χ3v) is 8.20. The van der Waals surface area contributed by atoms with Crippen LogP contribution in [0.2, 0.25) is 0 Å². The molecule has 0 spiro atoms. The minimum atomic E-state index is 0.0989. The fraction of sp³-hybridized carbons (Fsp3) is 0.536. The smallest absolute Gasteiger partial charge is 0.148 e. The van der Waals surface area contributed by atoms with Crippen LogP contribution < -0.4 is 9.80 Å². The lowest BCUT2D eigenvalue weighted by Gasteiger charge is -2.36. The first-order valence-corrected chi connectivity index (χ1v) is 13.9. The average Bonchev–Trinajstić information content (AvgIpc) is 3.43. The second-order valence-electron chi connectivity index (χ2n) is 9.46. The predicted octanol–water partition coefficient (Wildman–Crippen LogP) is 4.44. The molecule has 0 amide bonds. The van der Waals surface area contributed by atoms with Crippen molar-refractivity contribution in [3.63, 3.8) is 0 Å². The van der Waals surface area contributed by atoms with Gasteiger partial charge in [-0.2, -0.15) is 10.5 Å². The van der Waals surface area contributed by atoms with E-state index in [1.165, 1.54) is 24.1 Å². The molecular weight excluding hydrogens is 468 g/mol. The van der Waals surface area contributed by atoms with Crippen molar-refractivity contribution in [2.45, 2.75) is 50.0 Å². The van der Waals surface area contributed by atoms with Crippen molar-refractivity contribution in [2.75, 3.05) is 62.7 Å². The minimum Gasteiger partial charge on any atom is -0.375 e. The highest BCUT2D eigenvalue weighted by Crippen LogP contribution is 2.34. The lowest BCUT2D eigenvalue weighted by molar-refractivity contribution is 0.0199. The molecule has 0 radical (unpaired) electrons. The van der Waals surface area contributed by atoms with Crippen molar-refractivity contribution in [1.82, 2.24) is 9.88 Å². The van der Waals surface area contributed by atoms with E-state index in [4.69, 9.17) is 9.72 Å². The van der Waals surface area contributed by atoms with Crippen LogP contribution in [0.1, 0.15) is 48.9 Å². The summed E-state index contributed by atoms with van der Waals surface area (Å²) in [5.74, 6) is 1.41. The van der Waals surface area contributed by atoms with Crippen molar-refractivity contribution in [1.29, 1.82) is 10.5 Å². The molecule has 36 heavy (non-hydrogen) atoms. The zero-order chi connectivity index (χ0) is 25.5. The molecule has 1 aromatic heterocycles. The number of aromatic nitrogens is 1. The Morgan fingerprint density at radius 1 is 1.08 bits per heavy atom. The molecular formula is C28H36N6OS. The van der Waals surface area contributed by atoms with E-state index in [0.29, 0.717) is 53.8 Å². The first-order valence-electron chi connectivity index (χ1n) is 13.0. The number of rotatable bonds is 9. The van der Waals surface area contributed by atoms with Crippen molar-refractivity contribution in [3.8, 4) is 12.1 Å². The summed E-state index contributed by atoms with van der Waals surface area (Å²) in [5.41, 5.74) is 4.24. The Balaban J connectivity index is 1.58. The number of morpholine rings is 1. The van der Waals surface area contributed by atoms with E-state index in [9.17, 15) is 10.5 Å². The van der Waals surface area contributed by atoms with Gasteiger partial charge in [0.2, 0.25) is 0 Å². The Kier molecular flexibility index (Phi) is 9.09. The normalized spacial score (nSPS) is 18.1. The van der Waals surface area contributed by atoms with Gasteiger partial charge in [-0.1, -0.05) is 19.1 Å². The largest absolute Gasteiger partial charge is 0.375 e. The summed E-state index contributed by atoms with van der Waals surface area (Å²) in [6, 6.07) is 13.3. The molecule has 1 unspecified atom stereocenters. The van der Waals surface area contributed by atoms with Crippen LogP contribution in [0.25, 0.3) is 0 Å². The third kappa shape index (κ3) is 5.95. The number of thioether (sulfide) groups is 1. The van der Waals surface area contributed by atoms with Crippen LogP contribution in [0, 0.1) is 22.7 Å². The van der Waals surface area contributed by atoms with Crippen molar-refractivity contribution < 1.29 is 4.74 Å². The number of hydrogen-bond donors (Lipinski definition) is 0. The van der Waals surface area contributed by atoms with Crippen LogP contribution in [-0.4, -0.2) is 68.9 Å². The molecule has 0 saturated carbocycles. The van der Waals surface area contributed by atoms with Gasteiger partial charge in [-0.15, -0.1) is 11.8 Å². The lowest BCUT2D eigenvalue weighted by Crippen LogP contribution is -2.47. The van der Waals surface area contributed by atoms with Gasteiger partial charge in [0.25, 0.3) is 0 Å². The average molecular weight is 505 g/mol. The number of likely N-dealkylation sites (tertiary alicyclic amines) is 1. The zero-order valence-corrected chi connectivity index (χ0v) is 22.5. The number of nitriles is 2. The Labute approximate surface area is 219 Å². The van der Waals surface area contributed by atoms with Crippen molar-refractivity contribution in [3.05, 3.63) is 46.5 Å². The van der Waals surface area contributed by atoms with E-state index in [-0.39, 0.29) is 6.10 Å². The van der Waals surface area contributed by atoms with Gasteiger partial charge in [-0.05, 0) is 62.5 Å². The van der Waals surface area contributed by atoms with Gasteiger partial charge < -0.3 is 19.4 Å². The molecule has 0 bridgehead atoms. The maximum Gasteiger partial charge on any atom is 0.148 e. The fourth-order valence-electron chi connectivity index (χ4n) is 4.97. The van der Waals surface area contributed by atoms with Crippen LogP contribution >= 0.6 is 11.8 Å². The first kappa shape index (κ1) is 26.3. The number of benzene rings is 1. The number of hydrogen-bond acceptors (Lipinski definition) is 8. The molecule has 7 nitrogen and oxygen atoms in total. The lowest BCUT2D eigenvalue weighted by atomic mass is 10.0. The maximum absolute atomic E-state index is 10.1. The highest BCUT2D eigenvalue weighted by atomic mass is 32.2. The third-order valence-electron chi connectivity index (χ3n) is 7.15. The van der Waals surface area contributed by atoms with E-state index in [1.54, 1.807) is 11.8 Å². The van der Waals surface area contributed by atoms with Gasteiger partial charge >= 0.3 is 0 Å². The standard InChI is InChI=1S/C28H36N6OS/c1-4-24-25(16-29)27(34-14-15-35-23(19-34)18-33-12-6-7-13-33)31-28(26(24)17-30)36-20-21-8-10-22(11-9-21)32(3)5-2/h8-11,23H,4-7,12-15,18-20H2,1-3H3. The molecule has 3 heterocycles. The van der Waals surface area contributed by atoms with Gasteiger partial charge in [-0.3, -0.25) is 0 Å². The topological polar surface area (TPSA) is 79.4 Å². The summed E-state index contributed by atoms with van der Waals surface area (Å²) in [6.07, 6.45) is 3.23. The Bertz CT molecular complexity index is 1120. The Morgan fingerprint density at radius 2 is 1.81 bits per heavy atom. The van der Waals surface area contributed by atoms with Crippen LogP contribution in [0.4, 0.5) is 11.5 Å². The second kappa shape index (κ2) is 12.5. The van der Waals surface area contributed by atoms with Gasteiger partial charge in [0.15, 0.2) is 0 Å². The maximum atomic E-state index is 10.1. The highest BCUT2D eigenvalue weighted by Gasteiger charge is 2.29. The molecule has 4 rings (SSSR count). The number of nitrogens with zero attached hydrogens (tertiary/aromatic N) is 6. The number of pyridine rings is 1. The van der Waals surface area contributed by atoms with E-state index in [1.807, 2.05) is 6.92 Å². The zero-order valence-electron chi connectivity index (χ0n) is 21.7. The van der Waals surface area contributed by atoms with Crippen LogP contribution in [-0.2, 0) is 16.9 Å². The number of ether oxygens (including phenoxy) is 1. The van der Waals surface area contributed by atoms with Crippen molar-refractivity contribution >= 4 is 23.3 Å². The van der Waals surface area contributed by atoms with E-state index in [0.717, 1.165) is 31.7 Å². The number of anilines is 2. The summed E-state index contributed by atoms with van der Waals surface area (Å²) in [4.78, 5) is 11.8. The molecule has 0 N–H and O–H groups in total. The molecule has 2 aromatic rings. The molecule has 2 aliphatic rings. The SMILES string of the molecule is CCc1c(C#N)c(SCc2ccc(N(C)CC)cc2)nc(N2CCOC(CN3CCCC3)C2)c1C#N. The van der Waals surface area contributed by atoms with E-state index >= 15 is 0 Å². The summed E-state index contributed by atoms with van der Waals surface area (Å²) in [6.45, 7) is 10.3. The first-order chi connectivity index (χ1) is 17.6. The van der Waals surface area contributed by atoms with Crippen LogP contribution in [0.3, 0.4) is 0 Å². The monoisotopic (exact) mass is 504 g/mol. The van der Waals surface area contributed by atoms with Gasteiger partial charge in [-0.25, -0.2) is 4.98 Å². The van der Waals surface area contributed by atoms with E-state index in [2.05, 4.69) is 65.1 Å². The second-order valence-corrected chi connectivity index (χ2v) is 10.4. The summed E-state index contributed by atoms with van der Waals surface area (Å²) >= 11 is 1.58. The summed E-state index contributed by atoms with van der Waals surface area (Å²) in [5, 5.41) is 20.8. The highest BCUT2D eigenvalue weighted by molar-refractivity contribution is 7.98. The van der Waals surface area contributed by atoms with Crippen LogP contribution in [0.5, 0.6) is 0 Å². The van der Waals surface area contributed by atoms with Gasteiger partial charge in [0, 0.05) is 44.7 Å². The summed E-state index contributed by atoms with van der Waals surface area (Å²) < 4.78 is 6.08. The summed E-state index contributed by atoms with van der Waals surface area (Å²) in [7, 11) is 2.08. The van der Waals surface area contributed by atoms with Gasteiger partial charge in [0.1, 0.15) is 23.0 Å². The molecule has 8 heteroatoms. The molecule has 0 aliphatic carbocycles. The van der Waals surface area contributed by atoms with Gasteiger partial charge in [0.05, 0.1) is 23.8 Å². The molecule has 2 fully saturated rings. The van der Waals surface area contributed by atoms with Crippen molar-refractivity contribution in [2.24, 2.45) is 0 Å². The Hall–Kier alpha value is -2.78. The quantitative estimate of drug-likeness (QED) is 0.464. The molecule has 2 aliphatic heterocycles. The minimum absolute atomic E-state index is 0.0989.